The van der Waals surface area contributed by atoms with E-state index < -0.39 is 0 Å². The van der Waals surface area contributed by atoms with Gasteiger partial charge in [0.1, 0.15) is 0 Å². The fourth-order valence-electron chi connectivity index (χ4n) is 2.46. The molecule has 2 unspecified atom stereocenters. The fraction of sp³-hybridized carbons (Fsp3) is 0.667. The van der Waals surface area contributed by atoms with Gasteiger partial charge in [0.2, 0.25) is 0 Å². The summed E-state index contributed by atoms with van der Waals surface area (Å²) in [6.07, 6.45) is 3.11. The molecule has 1 aliphatic rings. The number of aryl methyl sites for hydroxylation is 2. The second-order valence-corrected chi connectivity index (χ2v) is 4.56. The Labute approximate surface area is 85.6 Å². The van der Waals surface area contributed by atoms with Crippen LogP contribution in [0.15, 0.2) is 12.1 Å². The first-order valence-corrected chi connectivity index (χ1v) is 5.47. The van der Waals surface area contributed by atoms with Crippen molar-refractivity contribution in [3.63, 3.8) is 0 Å². The van der Waals surface area contributed by atoms with E-state index in [1.807, 2.05) is 0 Å². The van der Waals surface area contributed by atoms with E-state index in [0.29, 0.717) is 5.92 Å². The predicted molar refractivity (Wildman–Crippen MR) is 57.3 cm³/mol. The minimum Gasteiger partial charge on any atom is -0.393 e. The van der Waals surface area contributed by atoms with Gasteiger partial charge < -0.3 is 9.67 Å². The van der Waals surface area contributed by atoms with Gasteiger partial charge in [-0.3, -0.25) is 0 Å². The van der Waals surface area contributed by atoms with Crippen LogP contribution in [0.1, 0.15) is 30.7 Å². The zero-order valence-electron chi connectivity index (χ0n) is 9.03. The summed E-state index contributed by atoms with van der Waals surface area (Å²) in [7, 11) is 0. The second kappa shape index (κ2) is 3.77. The Balaban J connectivity index is 2.04. The highest BCUT2D eigenvalue weighted by molar-refractivity contribution is 5.13. The molecular weight excluding hydrogens is 174 g/mol. The predicted octanol–water partition coefficient (Wildman–Crippen LogP) is 2.27. The van der Waals surface area contributed by atoms with Crippen LogP contribution in [0.25, 0.3) is 0 Å². The number of aromatic nitrogens is 1. The molecule has 0 saturated heterocycles. The lowest BCUT2D eigenvalue weighted by Gasteiger charge is -2.14. The summed E-state index contributed by atoms with van der Waals surface area (Å²) >= 11 is 0. The van der Waals surface area contributed by atoms with Crippen molar-refractivity contribution in [1.29, 1.82) is 0 Å². The van der Waals surface area contributed by atoms with Gasteiger partial charge in [-0.05, 0) is 51.2 Å². The standard InChI is InChI=1S/C12H19NO/c1-9-3-4-10(2)13(9)8-11-5-6-12(14)7-11/h3-4,11-12,14H,5-8H2,1-2H3. The first-order chi connectivity index (χ1) is 6.66. The molecule has 2 atom stereocenters. The highest BCUT2D eigenvalue weighted by Gasteiger charge is 2.23. The molecule has 2 rings (SSSR count). The Morgan fingerprint density at radius 2 is 1.93 bits per heavy atom. The molecule has 1 aromatic rings. The summed E-state index contributed by atoms with van der Waals surface area (Å²) in [4.78, 5) is 0. The third-order valence-electron chi connectivity index (χ3n) is 3.37. The normalized spacial score (nSPS) is 27.1. The average Bonchev–Trinajstić information content (AvgIpc) is 2.67. The summed E-state index contributed by atoms with van der Waals surface area (Å²) in [6, 6.07) is 4.33. The van der Waals surface area contributed by atoms with E-state index in [4.69, 9.17) is 0 Å². The van der Waals surface area contributed by atoms with Gasteiger partial charge in [0.25, 0.3) is 0 Å². The van der Waals surface area contributed by atoms with Crippen molar-refractivity contribution in [3.8, 4) is 0 Å². The van der Waals surface area contributed by atoms with Gasteiger partial charge in [-0.1, -0.05) is 0 Å². The van der Waals surface area contributed by atoms with Gasteiger partial charge in [0.15, 0.2) is 0 Å². The Hall–Kier alpha value is -0.760. The molecule has 2 nitrogen and oxygen atoms in total. The van der Waals surface area contributed by atoms with Crippen molar-refractivity contribution in [2.75, 3.05) is 0 Å². The van der Waals surface area contributed by atoms with Gasteiger partial charge >= 0.3 is 0 Å². The van der Waals surface area contributed by atoms with Crippen molar-refractivity contribution in [3.05, 3.63) is 23.5 Å². The topological polar surface area (TPSA) is 25.2 Å². The van der Waals surface area contributed by atoms with Crippen LogP contribution in [0, 0.1) is 19.8 Å². The first-order valence-electron chi connectivity index (χ1n) is 5.47. The maximum absolute atomic E-state index is 9.46. The molecule has 1 aliphatic carbocycles. The van der Waals surface area contributed by atoms with E-state index in [0.717, 1.165) is 19.4 Å². The number of hydrogen-bond donors (Lipinski definition) is 1. The Bertz CT molecular complexity index is 297. The molecule has 1 fully saturated rings. The zero-order chi connectivity index (χ0) is 10.1. The summed E-state index contributed by atoms with van der Waals surface area (Å²) in [5.41, 5.74) is 2.67. The molecule has 0 amide bonds. The third kappa shape index (κ3) is 1.85. The SMILES string of the molecule is Cc1ccc(C)n1CC1CCC(O)C1. The third-order valence-corrected chi connectivity index (χ3v) is 3.37. The highest BCUT2D eigenvalue weighted by atomic mass is 16.3. The van der Waals surface area contributed by atoms with Crippen LogP contribution in [0.4, 0.5) is 0 Å². The van der Waals surface area contributed by atoms with Crippen LogP contribution in [-0.4, -0.2) is 15.8 Å². The molecule has 1 N–H and O–H groups in total. The molecule has 1 saturated carbocycles. The van der Waals surface area contributed by atoms with Gasteiger partial charge in [-0.15, -0.1) is 0 Å². The monoisotopic (exact) mass is 193 g/mol. The maximum atomic E-state index is 9.46. The number of nitrogens with zero attached hydrogens (tertiary/aromatic N) is 1. The van der Waals surface area contributed by atoms with Crippen molar-refractivity contribution in [1.82, 2.24) is 4.57 Å². The largest absolute Gasteiger partial charge is 0.393 e. The smallest absolute Gasteiger partial charge is 0.0543 e. The van der Waals surface area contributed by atoms with Gasteiger partial charge in [0, 0.05) is 17.9 Å². The van der Waals surface area contributed by atoms with E-state index in [-0.39, 0.29) is 6.10 Å². The van der Waals surface area contributed by atoms with E-state index in [1.165, 1.54) is 17.8 Å². The number of hydrogen-bond acceptors (Lipinski definition) is 1. The van der Waals surface area contributed by atoms with Gasteiger partial charge in [-0.2, -0.15) is 0 Å². The molecule has 0 aromatic carbocycles. The van der Waals surface area contributed by atoms with E-state index in [9.17, 15) is 5.11 Å². The molecule has 14 heavy (non-hydrogen) atoms. The van der Waals surface area contributed by atoms with Crippen LogP contribution in [-0.2, 0) is 6.54 Å². The van der Waals surface area contributed by atoms with Crippen LogP contribution in [0.5, 0.6) is 0 Å². The molecule has 0 aliphatic heterocycles. The molecule has 1 heterocycles. The van der Waals surface area contributed by atoms with Gasteiger partial charge in [-0.25, -0.2) is 0 Å². The zero-order valence-corrected chi connectivity index (χ0v) is 9.03. The van der Waals surface area contributed by atoms with Crippen LogP contribution in [0.3, 0.4) is 0 Å². The lowest BCUT2D eigenvalue weighted by atomic mass is 10.1. The van der Waals surface area contributed by atoms with Crippen LogP contribution < -0.4 is 0 Å². The van der Waals surface area contributed by atoms with Crippen LogP contribution in [0.2, 0.25) is 0 Å². The fourth-order valence-corrected chi connectivity index (χ4v) is 2.46. The average molecular weight is 193 g/mol. The second-order valence-electron chi connectivity index (χ2n) is 4.56. The lowest BCUT2D eigenvalue weighted by molar-refractivity contribution is 0.176. The molecule has 1 aromatic heterocycles. The summed E-state index contributed by atoms with van der Waals surface area (Å²) in [5.74, 6) is 0.676. The van der Waals surface area contributed by atoms with Crippen molar-refractivity contribution >= 4 is 0 Å². The molecule has 0 radical (unpaired) electrons. The quantitative estimate of drug-likeness (QED) is 0.765. The molecule has 2 heteroatoms. The van der Waals surface area contributed by atoms with E-state index in [2.05, 4.69) is 30.5 Å². The molecule has 0 spiro atoms. The van der Waals surface area contributed by atoms with Crippen molar-refractivity contribution in [2.45, 2.75) is 45.8 Å². The number of rotatable bonds is 2. The van der Waals surface area contributed by atoms with Crippen LogP contribution >= 0.6 is 0 Å². The minimum atomic E-state index is -0.0452. The Morgan fingerprint density at radius 3 is 2.43 bits per heavy atom. The summed E-state index contributed by atoms with van der Waals surface area (Å²) in [5, 5.41) is 9.46. The maximum Gasteiger partial charge on any atom is 0.0543 e. The van der Waals surface area contributed by atoms with Crippen molar-refractivity contribution < 1.29 is 5.11 Å². The summed E-state index contributed by atoms with van der Waals surface area (Å²) < 4.78 is 2.36. The number of aliphatic hydroxyl groups is 1. The minimum absolute atomic E-state index is 0.0452. The lowest BCUT2D eigenvalue weighted by Crippen LogP contribution is -2.11. The summed E-state index contributed by atoms with van der Waals surface area (Å²) in [6.45, 7) is 5.39. The molecule has 78 valence electrons. The van der Waals surface area contributed by atoms with Gasteiger partial charge in [0.05, 0.1) is 6.10 Å². The Morgan fingerprint density at radius 1 is 1.29 bits per heavy atom. The highest BCUT2D eigenvalue weighted by Crippen LogP contribution is 2.27. The van der Waals surface area contributed by atoms with E-state index >= 15 is 0 Å². The first kappa shape index (κ1) is 9.78. The van der Waals surface area contributed by atoms with E-state index in [1.54, 1.807) is 0 Å². The van der Waals surface area contributed by atoms with Crippen molar-refractivity contribution in [2.24, 2.45) is 5.92 Å². The Kier molecular flexibility index (Phi) is 2.64. The number of aliphatic hydroxyl groups excluding tert-OH is 1. The molecule has 0 bridgehead atoms. The molecular formula is C12H19NO.